The second-order valence-electron chi connectivity index (χ2n) is 2.59. The van der Waals surface area contributed by atoms with Gasteiger partial charge >= 0.3 is 5.97 Å². The summed E-state index contributed by atoms with van der Waals surface area (Å²) in [6.07, 6.45) is -1.04. The lowest BCUT2D eigenvalue weighted by atomic mass is 10.1. The average Bonchev–Trinajstić information content (AvgIpc) is 2.15. The molecule has 0 rings (SSSR count). The van der Waals surface area contributed by atoms with E-state index in [0.29, 0.717) is 6.42 Å². The van der Waals surface area contributed by atoms with Crippen LogP contribution in [0, 0.1) is 0 Å². The predicted octanol–water partition coefficient (Wildman–Crippen LogP) is -0.345. The number of carbonyl (C=O) groups excluding carboxylic acids is 1. The molecule has 5 nitrogen and oxygen atoms in total. The maximum Gasteiger partial charge on any atom is 0.308 e. The van der Waals surface area contributed by atoms with Crippen molar-refractivity contribution in [2.75, 3.05) is 13.9 Å². The molecule has 0 aliphatic rings. The van der Waals surface area contributed by atoms with Gasteiger partial charge in [0, 0.05) is 0 Å². The van der Waals surface area contributed by atoms with Gasteiger partial charge < -0.3 is 19.7 Å². The summed E-state index contributed by atoms with van der Waals surface area (Å²) in [6, 6.07) is 0. The van der Waals surface area contributed by atoms with E-state index in [4.69, 9.17) is 9.84 Å². The minimum atomic E-state index is -0.758. The molecule has 13 heavy (non-hydrogen) atoms. The number of methoxy groups -OCH3 is 1. The summed E-state index contributed by atoms with van der Waals surface area (Å²) in [5.74, 6) is -0.467. The van der Waals surface area contributed by atoms with Crippen LogP contribution in [0.1, 0.15) is 19.8 Å². The summed E-state index contributed by atoms with van der Waals surface area (Å²) in [5.41, 5.74) is 0. The van der Waals surface area contributed by atoms with Gasteiger partial charge in [0.25, 0.3) is 0 Å². The van der Waals surface area contributed by atoms with Crippen LogP contribution in [-0.4, -0.2) is 42.3 Å². The third kappa shape index (κ3) is 4.82. The molecule has 0 heterocycles. The summed E-state index contributed by atoms with van der Waals surface area (Å²) >= 11 is 0. The highest BCUT2D eigenvalue weighted by molar-refractivity contribution is 5.69. The van der Waals surface area contributed by atoms with Crippen LogP contribution in [0.5, 0.6) is 0 Å². The Hall–Kier alpha value is -0.650. The summed E-state index contributed by atoms with van der Waals surface area (Å²) < 4.78 is 9.18. The molecule has 5 heteroatoms. The van der Waals surface area contributed by atoms with Crippen molar-refractivity contribution in [1.82, 2.24) is 0 Å². The van der Waals surface area contributed by atoms with E-state index in [2.05, 4.69) is 4.74 Å². The van der Waals surface area contributed by atoms with Gasteiger partial charge in [-0.15, -0.1) is 0 Å². The zero-order chi connectivity index (χ0) is 10.3. The molecule has 2 N–H and O–H groups in total. The Morgan fingerprint density at radius 3 is 2.54 bits per heavy atom. The molecule has 0 fully saturated rings. The van der Waals surface area contributed by atoms with Gasteiger partial charge in [0.05, 0.1) is 25.7 Å². The molecule has 2 unspecified atom stereocenters. The quantitative estimate of drug-likeness (QED) is 0.444. The first-order valence-corrected chi connectivity index (χ1v) is 4.13. The minimum absolute atomic E-state index is 0.0495. The molecule has 0 bridgehead atoms. The molecule has 0 aromatic heterocycles. The van der Waals surface area contributed by atoms with E-state index in [9.17, 15) is 9.90 Å². The van der Waals surface area contributed by atoms with E-state index in [1.807, 2.05) is 0 Å². The number of ether oxygens (including phenoxy) is 2. The number of aliphatic hydroxyl groups excluding tert-OH is 2. The predicted molar refractivity (Wildman–Crippen MR) is 44.9 cm³/mol. The van der Waals surface area contributed by atoms with Crippen LogP contribution in [0.2, 0.25) is 0 Å². The summed E-state index contributed by atoms with van der Waals surface area (Å²) in [5, 5.41) is 17.8. The number of rotatable bonds is 6. The molecular formula is C8H16O5. The Morgan fingerprint density at radius 2 is 2.15 bits per heavy atom. The highest BCUT2D eigenvalue weighted by Gasteiger charge is 2.21. The van der Waals surface area contributed by atoms with E-state index in [-0.39, 0.29) is 6.42 Å². The van der Waals surface area contributed by atoms with Crippen molar-refractivity contribution >= 4 is 5.97 Å². The molecule has 0 radical (unpaired) electrons. The first-order valence-electron chi connectivity index (χ1n) is 4.13. The van der Waals surface area contributed by atoms with Crippen LogP contribution in [0.3, 0.4) is 0 Å². The van der Waals surface area contributed by atoms with Crippen molar-refractivity contribution in [1.29, 1.82) is 0 Å². The molecule has 78 valence electrons. The molecular weight excluding hydrogens is 176 g/mol. The molecule has 0 aromatic carbocycles. The van der Waals surface area contributed by atoms with Crippen molar-refractivity contribution in [2.24, 2.45) is 0 Å². The molecule has 0 aliphatic carbocycles. The van der Waals surface area contributed by atoms with Crippen LogP contribution in [0.4, 0.5) is 0 Å². The highest BCUT2D eigenvalue weighted by atomic mass is 16.6. The first kappa shape index (κ1) is 12.3. The number of carbonyl (C=O) groups is 1. The topological polar surface area (TPSA) is 76.0 Å². The number of hydrogen-bond donors (Lipinski definition) is 2. The fraction of sp³-hybridized carbons (Fsp3) is 0.875. The van der Waals surface area contributed by atoms with Crippen molar-refractivity contribution in [2.45, 2.75) is 32.0 Å². The molecule has 0 spiro atoms. The SMILES string of the molecule is CCC(O)C(CC(=O)OC)OCO. The Morgan fingerprint density at radius 1 is 1.54 bits per heavy atom. The summed E-state index contributed by atoms with van der Waals surface area (Å²) in [4.78, 5) is 10.8. The van der Waals surface area contributed by atoms with Gasteiger partial charge in [-0.2, -0.15) is 0 Å². The van der Waals surface area contributed by atoms with Crippen molar-refractivity contribution < 1.29 is 24.5 Å². The fourth-order valence-corrected chi connectivity index (χ4v) is 0.912. The number of esters is 1. The van der Waals surface area contributed by atoms with E-state index in [1.165, 1.54) is 7.11 Å². The lowest BCUT2D eigenvalue weighted by Gasteiger charge is -2.19. The number of aliphatic hydroxyl groups is 2. The third-order valence-electron chi connectivity index (χ3n) is 1.73. The molecule has 2 atom stereocenters. The summed E-state index contributed by atoms with van der Waals surface area (Å²) in [6.45, 7) is 1.24. The van der Waals surface area contributed by atoms with Gasteiger partial charge in [0.15, 0.2) is 0 Å². The first-order chi connectivity index (χ1) is 6.15. The average molecular weight is 192 g/mol. The zero-order valence-corrected chi connectivity index (χ0v) is 7.90. The Labute approximate surface area is 77.3 Å². The Bertz CT molecular complexity index is 147. The van der Waals surface area contributed by atoms with Gasteiger partial charge in [-0.3, -0.25) is 4.79 Å². The normalized spacial score (nSPS) is 15.1. The van der Waals surface area contributed by atoms with Crippen LogP contribution in [-0.2, 0) is 14.3 Å². The minimum Gasteiger partial charge on any atom is -0.469 e. The van der Waals surface area contributed by atoms with Gasteiger partial charge in [-0.05, 0) is 6.42 Å². The van der Waals surface area contributed by atoms with E-state index >= 15 is 0 Å². The zero-order valence-electron chi connectivity index (χ0n) is 7.90. The van der Waals surface area contributed by atoms with E-state index in [1.54, 1.807) is 6.92 Å². The maximum atomic E-state index is 10.8. The lowest BCUT2D eigenvalue weighted by Crippen LogP contribution is -2.31. The van der Waals surface area contributed by atoms with Gasteiger partial charge in [0.2, 0.25) is 0 Å². The largest absolute Gasteiger partial charge is 0.469 e. The second-order valence-corrected chi connectivity index (χ2v) is 2.59. The number of hydrogen-bond acceptors (Lipinski definition) is 5. The van der Waals surface area contributed by atoms with Crippen LogP contribution in [0.25, 0.3) is 0 Å². The van der Waals surface area contributed by atoms with Crippen molar-refractivity contribution in [3.05, 3.63) is 0 Å². The van der Waals surface area contributed by atoms with Gasteiger partial charge in [0.1, 0.15) is 6.79 Å². The monoisotopic (exact) mass is 192 g/mol. The van der Waals surface area contributed by atoms with Crippen LogP contribution in [0.15, 0.2) is 0 Å². The van der Waals surface area contributed by atoms with Crippen molar-refractivity contribution in [3.8, 4) is 0 Å². The Balaban J connectivity index is 4.00. The van der Waals surface area contributed by atoms with Crippen LogP contribution < -0.4 is 0 Å². The summed E-state index contributed by atoms with van der Waals surface area (Å²) in [7, 11) is 1.26. The van der Waals surface area contributed by atoms with Crippen molar-refractivity contribution in [3.63, 3.8) is 0 Å². The van der Waals surface area contributed by atoms with Gasteiger partial charge in [-0.25, -0.2) is 0 Å². The van der Waals surface area contributed by atoms with Crippen LogP contribution >= 0.6 is 0 Å². The molecule has 0 saturated carbocycles. The lowest BCUT2D eigenvalue weighted by molar-refractivity contribution is -0.151. The van der Waals surface area contributed by atoms with E-state index in [0.717, 1.165) is 0 Å². The smallest absolute Gasteiger partial charge is 0.308 e. The van der Waals surface area contributed by atoms with Gasteiger partial charge in [-0.1, -0.05) is 6.92 Å². The molecule has 0 amide bonds. The molecule has 0 aliphatic heterocycles. The molecule has 0 aromatic rings. The second kappa shape index (κ2) is 6.82. The highest BCUT2D eigenvalue weighted by Crippen LogP contribution is 2.08. The van der Waals surface area contributed by atoms with E-state index < -0.39 is 25.0 Å². The fourth-order valence-electron chi connectivity index (χ4n) is 0.912. The Kier molecular flexibility index (Phi) is 6.48. The third-order valence-corrected chi connectivity index (χ3v) is 1.73. The standard InChI is InChI=1S/C8H16O5/c1-3-6(10)7(13-5-9)4-8(11)12-2/h6-7,9-10H,3-5H2,1-2H3. The maximum absolute atomic E-state index is 10.8. The molecule has 0 saturated heterocycles.